The Hall–Kier alpha value is -3.00. The third-order valence-electron chi connectivity index (χ3n) is 4.89. The first kappa shape index (κ1) is 18.4. The minimum absolute atomic E-state index is 0.346. The number of carbonyl (C=O) groups excluding carboxylic acids is 2. The molecule has 28 heavy (non-hydrogen) atoms. The van der Waals surface area contributed by atoms with Crippen LogP contribution in [-0.2, 0) is 9.67 Å². The molecule has 0 radical (unpaired) electrons. The maximum atomic E-state index is 13.2. The SMILES string of the molecule is COc1cc(OC)c2c(c1)C(=O)N(C)C(=O)[C@@]21NN=C(c2ccc(C)cc2)S1. The van der Waals surface area contributed by atoms with Crippen molar-refractivity contribution in [3.8, 4) is 11.5 Å². The number of methoxy groups -OCH3 is 2. The van der Waals surface area contributed by atoms with Crippen LogP contribution in [-0.4, -0.2) is 43.0 Å². The van der Waals surface area contributed by atoms with Gasteiger partial charge in [0.2, 0.25) is 4.87 Å². The Bertz CT molecular complexity index is 1020. The van der Waals surface area contributed by atoms with Crippen LogP contribution in [0.3, 0.4) is 0 Å². The van der Waals surface area contributed by atoms with Crippen LogP contribution in [0.1, 0.15) is 27.0 Å². The first-order chi connectivity index (χ1) is 13.4. The lowest BCUT2D eigenvalue weighted by atomic mass is 9.92. The molecule has 2 aromatic carbocycles. The predicted octanol–water partition coefficient (Wildman–Crippen LogP) is 2.48. The molecule has 0 fully saturated rings. The quantitative estimate of drug-likeness (QED) is 0.802. The zero-order chi connectivity index (χ0) is 20.1. The number of rotatable bonds is 3. The number of imide groups is 1. The van der Waals surface area contributed by atoms with Gasteiger partial charge in [-0.05, 0) is 13.0 Å². The molecule has 2 aromatic rings. The molecule has 2 aliphatic rings. The lowest BCUT2D eigenvalue weighted by Gasteiger charge is -2.37. The minimum Gasteiger partial charge on any atom is -0.497 e. The fourth-order valence-corrected chi connectivity index (χ4v) is 4.62. The smallest absolute Gasteiger partial charge is 0.272 e. The molecule has 2 amide bonds. The third-order valence-corrected chi connectivity index (χ3v) is 6.18. The van der Waals surface area contributed by atoms with Crippen LogP contribution in [0.15, 0.2) is 41.5 Å². The number of hydrazone groups is 1. The van der Waals surface area contributed by atoms with Crippen molar-refractivity contribution in [2.45, 2.75) is 11.8 Å². The van der Waals surface area contributed by atoms with E-state index in [1.165, 1.54) is 33.0 Å². The summed E-state index contributed by atoms with van der Waals surface area (Å²) in [6.07, 6.45) is 0. The largest absolute Gasteiger partial charge is 0.497 e. The average molecular weight is 397 g/mol. The van der Waals surface area contributed by atoms with E-state index in [2.05, 4.69) is 10.5 Å². The highest BCUT2D eigenvalue weighted by Crippen LogP contribution is 2.50. The number of fused-ring (bicyclic) bond motifs is 2. The fraction of sp³-hybridized carbons (Fsp3) is 0.250. The third kappa shape index (κ3) is 2.56. The summed E-state index contributed by atoms with van der Waals surface area (Å²) in [4.78, 5) is 25.9. The molecule has 2 heterocycles. The summed E-state index contributed by atoms with van der Waals surface area (Å²) in [5.41, 5.74) is 5.82. The van der Waals surface area contributed by atoms with E-state index in [0.717, 1.165) is 16.0 Å². The number of nitrogens with zero attached hydrogens (tertiary/aromatic N) is 2. The number of carbonyl (C=O) groups is 2. The molecule has 0 saturated heterocycles. The zero-order valence-electron chi connectivity index (χ0n) is 15.9. The Morgan fingerprint density at radius 2 is 1.82 bits per heavy atom. The summed E-state index contributed by atoms with van der Waals surface area (Å²) in [5, 5.41) is 5.09. The summed E-state index contributed by atoms with van der Waals surface area (Å²) < 4.78 is 10.8. The van der Waals surface area contributed by atoms with E-state index < -0.39 is 16.7 Å². The van der Waals surface area contributed by atoms with Crippen molar-refractivity contribution in [1.82, 2.24) is 10.3 Å². The molecule has 1 atom stereocenters. The van der Waals surface area contributed by atoms with Gasteiger partial charge in [0.25, 0.3) is 11.8 Å². The van der Waals surface area contributed by atoms with Crippen molar-refractivity contribution < 1.29 is 19.1 Å². The number of nitrogens with one attached hydrogen (secondary N) is 1. The molecule has 2 aliphatic heterocycles. The second-order valence-corrected chi connectivity index (χ2v) is 7.80. The van der Waals surface area contributed by atoms with Crippen LogP contribution in [0.25, 0.3) is 0 Å². The highest BCUT2D eigenvalue weighted by atomic mass is 32.2. The lowest BCUT2D eigenvalue weighted by molar-refractivity contribution is -0.131. The summed E-state index contributed by atoms with van der Waals surface area (Å²) in [6, 6.07) is 11.2. The van der Waals surface area contributed by atoms with Gasteiger partial charge in [-0.1, -0.05) is 41.6 Å². The number of benzene rings is 2. The number of hydrogen-bond donors (Lipinski definition) is 1. The molecule has 7 nitrogen and oxygen atoms in total. The predicted molar refractivity (Wildman–Crippen MR) is 107 cm³/mol. The number of hydrogen-bond acceptors (Lipinski definition) is 7. The van der Waals surface area contributed by atoms with Gasteiger partial charge in [0.1, 0.15) is 16.5 Å². The fourth-order valence-electron chi connectivity index (χ4n) is 3.36. The maximum absolute atomic E-state index is 13.2. The first-order valence-electron chi connectivity index (χ1n) is 8.61. The van der Waals surface area contributed by atoms with E-state index in [1.54, 1.807) is 12.1 Å². The molecule has 1 N–H and O–H groups in total. The van der Waals surface area contributed by atoms with E-state index in [4.69, 9.17) is 9.47 Å². The van der Waals surface area contributed by atoms with Crippen LogP contribution in [0.4, 0.5) is 0 Å². The molecule has 0 aliphatic carbocycles. The Morgan fingerprint density at radius 1 is 1.11 bits per heavy atom. The van der Waals surface area contributed by atoms with Crippen LogP contribution in [0.5, 0.6) is 11.5 Å². The average Bonchev–Trinajstić information content (AvgIpc) is 3.16. The molecule has 4 rings (SSSR count). The Kier molecular flexibility index (Phi) is 4.30. The van der Waals surface area contributed by atoms with Gasteiger partial charge >= 0.3 is 0 Å². The van der Waals surface area contributed by atoms with Crippen molar-refractivity contribution >= 4 is 28.6 Å². The molecular weight excluding hydrogens is 378 g/mol. The van der Waals surface area contributed by atoms with Crippen LogP contribution in [0, 0.1) is 6.92 Å². The van der Waals surface area contributed by atoms with Gasteiger partial charge in [-0.3, -0.25) is 19.9 Å². The summed E-state index contributed by atoms with van der Waals surface area (Å²) >= 11 is 1.27. The number of amides is 2. The van der Waals surface area contributed by atoms with Gasteiger partial charge in [-0.25, -0.2) is 0 Å². The standard InChI is InChI=1S/C20H19N3O4S/c1-11-5-7-12(8-6-11)17-21-22-20(28-17)16-14(18(24)23(2)19(20)25)9-13(26-3)10-15(16)27-4/h5-10,22H,1-4H3/t20-/m1/s1. The molecule has 0 unspecified atom stereocenters. The normalized spacial score (nSPS) is 20.7. The highest BCUT2D eigenvalue weighted by molar-refractivity contribution is 8.16. The van der Waals surface area contributed by atoms with Crippen molar-refractivity contribution in [3.05, 3.63) is 58.7 Å². The number of likely N-dealkylation sites (N-methyl/N-ethyl adjacent to an activating group) is 1. The Morgan fingerprint density at radius 3 is 2.46 bits per heavy atom. The minimum atomic E-state index is -1.28. The van der Waals surface area contributed by atoms with Gasteiger partial charge in [-0.2, -0.15) is 5.10 Å². The van der Waals surface area contributed by atoms with Gasteiger partial charge in [0.15, 0.2) is 0 Å². The summed E-state index contributed by atoms with van der Waals surface area (Å²) in [7, 11) is 4.48. The Labute approximate surface area is 166 Å². The monoisotopic (exact) mass is 397 g/mol. The zero-order valence-corrected chi connectivity index (χ0v) is 16.7. The van der Waals surface area contributed by atoms with E-state index in [-0.39, 0.29) is 0 Å². The summed E-state index contributed by atoms with van der Waals surface area (Å²) in [6.45, 7) is 2.01. The van der Waals surface area contributed by atoms with E-state index in [9.17, 15) is 9.59 Å². The second-order valence-electron chi connectivity index (χ2n) is 6.60. The number of thioether (sulfide) groups is 1. The molecular formula is C20H19N3O4S. The second kappa shape index (κ2) is 6.56. The van der Waals surface area contributed by atoms with Crippen LogP contribution < -0.4 is 14.9 Å². The lowest BCUT2D eigenvalue weighted by Crippen LogP contribution is -2.55. The van der Waals surface area contributed by atoms with Crippen molar-refractivity contribution in [3.63, 3.8) is 0 Å². The number of ether oxygens (including phenoxy) is 2. The molecule has 0 saturated carbocycles. The van der Waals surface area contributed by atoms with Gasteiger partial charge in [-0.15, -0.1) is 0 Å². The van der Waals surface area contributed by atoms with Gasteiger partial charge in [0, 0.05) is 18.7 Å². The molecule has 1 spiro atoms. The molecule has 8 heteroatoms. The van der Waals surface area contributed by atoms with E-state index in [0.29, 0.717) is 27.7 Å². The number of aryl methyl sites for hydroxylation is 1. The van der Waals surface area contributed by atoms with Crippen molar-refractivity contribution in [1.29, 1.82) is 0 Å². The van der Waals surface area contributed by atoms with Crippen molar-refractivity contribution in [2.75, 3.05) is 21.3 Å². The van der Waals surface area contributed by atoms with Gasteiger partial charge < -0.3 is 9.47 Å². The van der Waals surface area contributed by atoms with E-state index in [1.807, 2.05) is 31.2 Å². The van der Waals surface area contributed by atoms with Crippen LogP contribution in [0.2, 0.25) is 0 Å². The molecule has 0 bridgehead atoms. The molecule has 0 aromatic heterocycles. The van der Waals surface area contributed by atoms with Crippen LogP contribution >= 0.6 is 11.8 Å². The van der Waals surface area contributed by atoms with Gasteiger partial charge in [0.05, 0.1) is 25.3 Å². The first-order valence-corrected chi connectivity index (χ1v) is 9.43. The molecule has 144 valence electrons. The topological polar surface area (TPSA) is 80.2 Å². The Balaban J connectivity index is 1.87. The maximum Gasteiger partial charge on any atom is 0.272 e. The van der Waals surface area contributed by atoms with Crippen molar-refractivity contribution in [2.24, 2.45) is 5.10 Å². The van der Waals surface area contributed by atoms with E-state index >= 15 is 0 Å². The highest BCUT2D eigenvalue weighted by Gasteiger charge is 2.56. The summed E-state index contributed by atoms with van der Waals surface area (Å²) in [5.74, 6) is 0.0624.